The monoisotopic (exact) mass is 486 g/mol. The van der Waals surface area contributed by atoms with Crippen molar-refractivity contribution < 1.29 is 33.0 Å². The average molecular weight is 487 g/mol. The number of fused-ring (bicyclic) bond motifs is 3. The minimum atomic E-state index is -3.05. The number of ether oxygens (including phenoxy) is 1. The first-order chi connectivity index (χ1) is 16.7. The van der Waals surface area contributed by atoms with E-state index in [1.807, 2.05) is 53.8 Å². The maximum absolute atomic E-state index is 13.5. The van der Waals surface area contributed by atoms with Crippen LogP contribution in [0.4, 0.5) is 13.6 Å². The van der Waals surface area contributed by atoms with Crippen molar-refractivity contribution in [2.24, 2.45) is 0 Å². The van der Waals surface area contributed by atoms with Crippen molar-refractivity contribution in [3.63, 3.8) is 0 Å². The Morgan fingerprint density at radius 1 is 1.00 bits per heavy atom. The SMILES string of the molecule is CC(C)=CCC(NC(=O)CC(NC(=O)OCC1c2ccccc2-c2ccccc21)C(F)F)C(=O)O. The van der Waals surface area contributed by atoms with Crippen molar-refractivity contribution in [2.75, 3.05) is 6.61 Å². The van der Waals surface area contributed by atoms with E-state index in [1.54, 1.807) is 19.9 Å². The van der Waals surface area contributed by atoms with Crippen LogP contribution in [0.25, 0.3) is 11.1 Å². The third kappa shape index (κ3) is 6.65. The van der Waals surface area contributed by atoms with Gasteiger partial charge in [-0.3, -0.25) is 4.79 Å². The van der Waals surface area contributed by atoms with Gasteiger partial charge in [0.2, 0.25) is 5.91 Å². The van der Waals surface area contributed by atoms with E-state index in [4.69, 9.17) is 4.74 Å². The van der Waals surface area contributed by atoms with Crippen LogP contribution in [-0.4, -0.2) is 48.2 Å². The highest BCUT2D eigenvalue weighted by Gasteiger charge is 2.31. The lowest BCUT2D eigenvalue weighted by atomic mass is 9.98. The molecule has 186 valence electrons. The number of halogens is 2. The lowest BCUT2D eigenvalue weighted by Crippen LogP contribution is -2.47. The van der Waals surface area contributed by atoms with E-state index in [0.29, 0.717) is 0 Å². The molecule has 0 fully saturated rings. The van der Waals surface area contributed by atoms with Crippen LogP contribution in [0.2, 0.25) is 0 Å². The molecule has 0 bridgehead atoms. The van der Waals surface area contributed by atoms with Gasteiger partial charge in [-0.15, -0.1) is 0 Å². The van der Waals surface area contributed by atoms with Gasteiger partial charge < -0.3 is 20.5 Å². The first kappa shape index (κ1) is 25.9. The Bertz CT molecular complexity index is 1070. The highest BCUT2D eigenvalue weighted by molar-refractivity contribution is 5.84. The molecular weight excluding hydrogens is 458 g/mol. The van der Waals surface area contributed by atoms with Crippen LogP contribution < -0.4 is 10.6 Å². The standard InChI is InChI=1S/C26H28F2N2O5/c1-15(2)11-12-21(25(32)33)29-23(31)13-22(24(27)28)30-26(34)35-14-20-18-9-5-3-7-16(18)17-8-4-6-10-19(17)20/h3-11,20-22,24H,12-14H2,1-2H3,(H,29,31)(H,30,34)(H,32,33). The van der Waals surface area contributed by atoms with Gasteiger partial charge in [0.1, 0.15) is 18.7 Å². The Balaban J connectivity index is 1.59. The largest absolute Gasteiger partial charge is 0.480 e. The number of carboxylic acid groups (broad SMARTS) is 1. The molecule has 0 saturated carbocycles. The summed E-state index contributed by atoms with van der Waals surface area (Å²) >= 11 is 0. The third-order valence-electron chi connectivity index (χ3n) is 5.75. The molecule has 3 rings (SSSR count). The van der Waals surface area contributed by atoms with Crippen LogP contribution in [0.3, 0.4) is 0 Å². The molecule has 0 heterocycles. The number of hydrogen-bond donors (Lipinski definition) is 3. The van der Waals surface area contributed by atoms with Crippen LogP contribution in [0, 0.1) is 0 Å². The highest BCUT2D eigenvalue weighted by Crippen LogP contribution is 2.44. The second kappa shape index (κ2) is 11.6. The van der Waals surface area contributed by atoms with Gasteiger partial charge >= 0.3 is 12.1 Å². The smallest absolute Gasteiger partial charge is 0.407 e. The van der Waals surface area contributed by atoms with Gasteiger partial charge in [-0.25, -0.2) is 18.4 Å². The van der Waals surface area contributed by atoms with Gasteiger partial charge in [0.05, 0.1) is 6.42 Å². The molecule has 1 aliphatic carbocycles. The fourth-order valence-electron chi connectivity index (χ4n) is 4.02. The number of allylic oxidation sites excluding steroid dienone is 1. The molecule has 2 unspecified atom stereocenters. The summed E-state index contributed by atoms with van der Waals surface area (Å²) < 4.78 is 32.3. The summed E-state index contributed by atoms with van der Waals surface area (Å²) in [5.74, 6) is -2.44. The van der Waals surface area contributed by atoms with Gasteiger partial charge in [0.15, 0.2) is 0 Å². The van der Waals surface area contributed by atoms with Crippen molar-refractivity contribution in [3.05, 3.63) is 71.3 Å². The number of benzene rings is 2. The number of amides is 2. The van der Waals surface area contributed by atoms with Crippen molar-refractivity contribution in [3.8, 4) is 11.1 Å². The molecule has 7 nitrogen and oxygen atoms in total. The molecule has 2 amide bonds. The molecule has 0 saturated heterocycles. The number of alkyl halides is 2. The van der Waals surface area contributed by atoms with Crippen LogP contribution in [0.5, 0.6) is 0 Å². The Kier molecular flexibility index (Phi) is 8.57. The van der Waals surface area contributed by atoms with Gasteiger partial charge in [0, 0.05) is 5.92 Å². The average Bonchev–Trinajstić information content (AvgIpc) is 3.13. The number of aliphatic carboxylic acids is 1. The quantitative estimate of drug-likeness (QED) is 0.430. The predicted octanol–water partition coefficient (Wildman–Crippen LogP) is 4.47. The van der Waals surface area contributed by atoms with Gasteiger partial charge in [-0.2, -0.15) is 0 Å². The van der Waals surface area contributed by atoms with Gasteiger partial charge in [0.25, 0.3) is 6.43 Å². The minimum absolute atomic E-state index is 0.0164. The third-order valence-corrected chi connectivity index (χ3v) is 5.75. The van der Waals surface area contributed by atoms with Gasteiger partial charge in [-0.05, 0) is 42.5 Å². The van der Waals surface area contributed by atoms with Gasteiger partial charge in [-0.1, -0.05) is 60.2 Å². The maximum Gasteiger partial charge on any atom is 0.407 e. The Morgan fingerprint density at radius 3 is 2.09 bits per heavy atom. The summed E-state index contributed by atoms with van der Waals surface area (Å²) in [6, 6.07) is 12.3. The predicted molar refractivity (Wildman–Crippen MR) is 126 cm³/mol. The molecule has 0 aromatic heterocycles. The summed E-state index contributed by atoms with van der Waals surface area (Å²) in [4.78, 5) is 35.9. The zero-order chi connectivity index (χ0) is 25.5. The zero-order valence-electron chi connectivity index (χ0n) is 19.5. The van der Waals surface area contributed by atoms with Crippen LogP contribution in [0.1, 0.15) is 43.7 Å². The number of rotatable bonds is 10. The molecule has 2 aromatic rings. The number of nitrogens with one attached hydrogen (secondary N) is 2. The Morgan fingerprint density at radius 2 is 1.57 bits per heavy atom. The fourth-order valence-corrected chi connectivity index (χ4v) is 4.02. The van der Waals surface area contributed by atoms with Crippen molar-refractivity contribution in [2.45, 2.75) is 51.1 Å². The van der Waals surface area contributed by atoms with Crippen molar-refractivity contribution in [1.82, 2.24) is 10.6 Å². The topological polar surface area (TPSA) is 105 Å². The van der Waals surface area contributed by atoms with Crippen LogP contribution in [-0.2, 0) is 14.3 Å². The summed E-state index contributed by atoms with van der Waals surface area (Å²) in [7, 11) is 0. The summed E-state index contributed by atoms with van der Waals surface area (Å²) in [5.41, 5.74) is 4.86. The van der Waals surface area contributed by atoms with Crippen LogP contribution >= 0.6 is 0 Å². The van der Waals surface area contributed by atoms with E-state index in [-0.39, 0.29) is 18.9 Å². The number of carboxylic acids is 1. The molecule has 35 heavy (non-hydrogen) atoms. The summed E-state index contributed by atoms with van der Waals surface area (Å²) in [6.07, 6.45) is -3.28. The first-order valence-electron chi connectivity index (χ1n) is 11.2. The van der Waals surface area contributed by atoms with E-state index in [1.165, 1.54) is 0 Å². The van der Waals surface area contributed by atoms with Crippen LogP contribution in [0.15, 0.2) is 60.2 Å². The summed E-state index contributed by atoms with van der Waals surface area (Å²) in [6.45, 7) is 3.48. The number of carbonyl (C=O) groups excluding carboxylic acids is 2. The van der Waals surface area contributed by atoms with Crippen molar-refractivity contribution in [1.29, 1.82) is 0 Å². The first-order valence-corrected chi connectivity index (χ1v) is 11.2. The Hall–Kier alpha value is -3.75. The molecule has 3 N–H and O–H groups in total. The molecule has 9 heteroatoms. The Labute approximate surface area is 202 Å². The zero-order valence-corrected chi connectivity index (χ0v) is 19.5. The second-order valence-electron chi connectivity index (χ2n) is 8.59. The summed E-state index contributed by atoms with van der Waals surface area (Å²) in [5, 5.41) is 13.5. The number of alkyl carbamates (subject to hydrolysis) is 1. The van der Waals surface area contributed by atoms with E-state index in [9.17, 15) is 28.3 Å². The lowest BCUT2D eigenvalue weighted by molar-refractivity contribution is -0.141. The highest BCUT2D eigenvalue weighted by atomic mass is 19.3. The molecule has 2 aromatic carbocycles. The van der Waals surface area contributed by atoms with E-state index in [2.05, 4.69) is 5.32 Å². The molecule has 0 aliphatic heterocycles. The molecule has 2 atom stereocenters. The number of carbonyl (C=O) groups is 3. The van der Waals surface area contributed by atoms with E-state index in [0.717, 1.165) is 27.8 Å². The molecule has 0 radical (unpaired) electrons. The lowest BCUT2D eigenvalue weighted by Gasteiger charge is -2.20. The molecule has 1 aliphatic rings. The molecule has 0 spiro atoms. The minimum Gasteiger partial charge on any atom is -0.480 e. The molecular formula is C26H28F2N2O5. The fraction of sp³-hybridized carbons (Fsp3) is 0.346. The maximum atomic E-state index is 13.5. The van der Waals surface area contributed by atoms with Crippen molar-refractivity contribution >= 4 is 18.0 Å². The van der Waals surface area contributed by atoms with E-state index < -0.39 is 42.9 Å². The normalized spacial score (nSPS) is 13.9. The second-order valence-corrected chi connectivity index (χ2v) is 8.59. The van der Waals surface area contributed by atoms with E-state index >= 15 is 0 Å². The number of hydrogen-bond acceptors (Lipinski definition) is 4.